The van der Waals surface area contributed by atoms with Crippen LogP contribution in [0.25, 0.3) is 10.4 Å². The molecule has 2 rings (SSSR count). The Morgan fingerprint density at radius 1 is 1.44 bits per heavy atom. The number of thiophene rings is 1. The maximum Gasteiger partial charge on any atom is 0.152 e. The third-order valence-electron chi connectivity index (χ3n) is 2.33. The van der Waals surface area contributed by atoms with E-state index in [9.17, 15) is 4.79 Å². The molecule has 16 heavy (non-hydrogen) atoms. The van der Waals surface area contributed by atoms with Crippen molar-refractivity contribution in [1.29, 1.82) is 0 Å². The van der Waals surface area contributed by atoms with Crippen LogP contribution in [-0.4, -0.2) is 12.5 Å². The number of nitrogens with two attached hydrogens (primary N) is 1. The molecule has 2 nitrogen and oxygen atoms in total. The fourth-order valence-corrected chi connectivity index (χ4v) is 2.80. The summed E-state index contributed by atoms with van der Waals surface area (Å²) in [5.74, 6) is 0. The first kappa shape index (κ1) is 11.2. The van der Waals surface area contributed by atoms with Crippen LogP contribution < -0.4 is 5.73 Å². The van der Waals surface area contributed by atoms with Crippen LogP contribution in [0.3, 0.4) is 0 Å². The largest absolute Gasteiger partial charge is 0.397 e. The number of nitrogen functional groups attached to an aromatic ring is 1. The molecular weight excluding hydrogens is 238 g/mol. The quantitative estimate of drug-likeness (QED) is 0.514. The highest BCUT2D eigenvalue weighted by Gasteiger charge is 2.08. The highest BCUT2D eigenvalue weighted by atomic mass is 32.2. The van der Waals surface area contributed by atoms with E-state index < -0.39 is 0 Å². The summed E-state index contributed by atoms with van der Waals surface area (Å²) in [7, 11) is 0. The number of thioether (sulfide) groups is 1. The minimum absolute atomic E-state index is 0.565. The molecule has 2 N–H and O–H groups in total. The van der Waals surface area contributed by atoms with Crippen LogP contribution in [-0.2, 0) is 0 Å². The van der Waals surface area contributed by atoms with E-state index in [-0.39, 0.29) is 0 Å². The third-order valence-corrected chi connectivity index (χ3v) is 4.02. The number of anilines is 1. The Hall–Kier alpha value is -1.26. The molecule has 0 aliphatic heterocycles. The van der Waals surface area contributed by atoms with E-state index in [0.717, 1.165) is 21.6 Å². The van der Waals surface area contributed by atoms with Crippen molar-refractivity contribution >= 4 is 35.1 Å². The van der Waals surface area contributed by atoms with Crippen LogP contribution in [0.2, 0.25) is 0 Å². The fraction of sp³-hybridized carbons (Fsp3) is 0.0833. The molecule has 82 valence electrons. The van der Waals surface area contributed by atoms with E-state index >= 15 is 0 Å². The van der Waals surface area contributed by atoms with Gasteiger partial charge < -0.3 is 5.73 Å². The summed E-state index contributed by atoms with van der Waals surface area (Å²) >= 11 is 3.21. The molecule has 0 saturated heterocycles. The zero-order valence-corrected chi connectivity index (χ0v) is 10.4. The van der Waals surface area contributed by atoms with Crippen LogP contribution in [0.5, 0.6) is 0 Å². The lowest BCUT2D eigenvalue weighted by molar-refractivity contribution is 0.112. The molecule has 1 aromatic carbocycles. The number of aldehydes is 1. The summed E-state index contributed by atoms with van der Waals surface area (Å²) in [6.07, 6.45) is 2.77. The summed E-state index contributed by atoms with van der Waals surface area (Å²) in [5.41, 5.74) is 8.07. The Kier molecular flexibility index (Phi) is 3.31. The van der Waals surface area contributed by atoms with Crippen LogP contribution in [0, 0.1) is 0 Å². The number of carbonyl (C=O) groups is 1. The molecule has 0 amide bonds. The predicted molar refractivity (Wildman–Crippen MR) is 71.3 cm³/mol. The first-order valence-electron chi connectivity index (χ1n) is 4.73. The van der Waals surface area contributed by atoms with Crippen molar-refractivity contribution in [1.82, 2.24) is 0 Å². The number of rotatable bonds is 3. The van der Waals surface area contributed by atoms with Crippen molar-refractivity contribution < 1.29 is 4.79 Å². The van der Waals surface area contributed by atoms with Gasteiger partial charge in [0.25, 0.3) is 0 Å². The Balaban J connectivity index is 2.60. The Morgan fingerprint density at radius 2 is 2.25 bits per heavy atom. The van der Waals surface area contributed by atoms with Crippen molar-refractivity contribution in [2.75, 3.05) is 12.0 Å². The maximum atomic E-state index is 10.9. The Labute approximate surface area is 102 Å². The molecule has 0 radical (unpaired) electrons. The van der Waals surface area contributed by atoms with Crippen molar-refractivity contribution in [3.05, 3.63) is 35.2 Å². The van der Waals surface area contributed by atoms with Crippen molar-refractivity contribution in [2.45, 2.75) is 4.90 Å². The molecule has 0 saturated carbocycles. The summed E-state index contributed by atoms with van der Waals surface area (Å²) in [4.78, 5) is 13.0. The summed E-state index contributed by atoms with van der Waals surface area (Å²) in [6.45, 7) is 0. The zero-order chi connectivity index (χ0) is 11.5. The number of hydrogen-bond donors (Lipinski definition) is 1. The molecule has 4 heteroatoms. The highest BCUT2D eigenvalue weighted by molar-refractivity contribution is 7.98. The van der Waals surface area contributed by atoms with Gasteiger partial charge in [0.05, 0.1) is 5.69 Å². The lowest BCUT2D eigenvalue weighted by Gasteiger charge is -2.08. The molecule has 2 aromatic rings. The second kappa shape index (κ2) is 4.72. The van der Waals surface area contributed by atoms with Gasteiger partial charge in [-0.3, -0.25) is 4.79 Å². The van der Waals surface area contributed by atoms with Gasteiger partial charge in [-0.25, -0.2) is 0 Å². The molecule has 0 atom stereocenters. The first-order valence-corrected chi connectivity index (χ1v) is 6.83. The minimum atomic E-state index is 0.565. The van der Waals surface area contributed by atoms with E-state index in [4.69, 9.17) is 5.73 Å². The molecule has 0 aliphatic carbocycles. The zero-order valence-electron chi connectivity index (χ0n) is 8.77. The lowest BCUT2D eigenvalue weighted by atomic mass is 10.1. The van der Waals surface area contributed by atoms with Gasteiger partial charge in [-0.05, 0) is 35.4 Å². The summed E-state index contributed by atoms with van der Waals surface area (Å²) < 4.78 is 0. The minimum Gasteiger partial charge on any atom is -0.397 e. The molecular formula is C12H11NOS2. The molecule has 0 unspecified atom stereocenters. The predicted octanol–water partition coefficient (Wildman–Crippen LogP) is 3.53. The lowest BCUT2D eigenvalue weighted by Crippen LogP contribution is -1.96. The topological polar surface area (TPSA) is 43.1 Å². The van der Waals surface area contributed by atoms with E-state index in [1.165, 1.54) is 0 Å². The average molecular weight is 249 g/mol. The van der Waals surface area contributed by atoms with E-state index in [0.29, 0.717) is 11.3 Å². The smallest absolute Gasteiger partial charge is 0.152 e. The van der Waals surface area contributed by atoms with Crippen LogP contribution in [0.15, 0.2) is 34.5 Å². The van der Waals surface area contributed by atoms with E-state index in [1.807, 2.05) is 35.9 Å². The Bertz CT molecular complexity index is 506. The SMILES string of the molecule is CSc1cc(-c2cccs2)cc(C=O)c1N. The number of hydrogen-bond acceptors (Lipinski definition) is 4. The summed E-state index contributed by atoms with van der Waals surface area (Å²) in [6, 6.07) is 7.90. The molecule has 0 spiro atoms. The summed E-state index contributed by atoms with van der Waals surface area (Å²) in [5, 5.41) is 2.02. The second-order valence-electron chi connectivity index (χ2n) is 3.28. The van der Waals surface area contributed by atoms with Gasteiger partial charge in [0.2, 0.25) is 0 Å². The monoisotopic (exact) mass is 249 g/mol. The van der Waals surface area contributed by atoms with E-state index in [1.54, 1.807) is 23.1 Å². The molecule has 1 heterocycles. The van der Waals surface area contributed by atoms with Crippen LogP contribution >= 0.6 is 23.1 Å². The van der Waals surface area contributed by atoms with Gasteiger partial charge in [0.1, 0.15) is 0 Å². The normalized spacial score (nSPS) is 10.3. The van der Waals surface area contributed by atoms with E-state index in [2.05, 4.69) is 0 Å². The molecule has 0 fully saturated rings. The molecule has 0 bridgehead atoms. The van der Waals surface area contributed by atoms with Gasteiger partial charge in [-0.15, -0.1) is 23.1 Å². The fourth-order valence-electron chi connectivity index (χ4n) is 1.50. The second-order valence-corrected chi connectivity index (χ2v) is 5.07. The molecule has 0 aliphatic rings. The van der Waals surface area contributed by atoms with Crippen LogP contribution in [0.4, 0.5) is 5.69 Å². The van der Waals surface area contributed by atoms with Crippen molar-refractivity contribution in [3.63, 3.8) is 0 Å². The first-order chi connectivity index (χ1) is 7.76. The van der Waals surface area contributed by atoms with Gasteiger partial charge in [0.15, 0.2) is 6.29 Å². The standard InChI is InChI=1S/C12H11NOS2/c1-15-11-6-8(10-3-2-4-16-10)5-9(7-14)12(11)13/h2-7H,13H2,1H3. The van der Waals surface area contributed by atoms with Gasteiger partial charge in [-0.2, -0.15) is 0 Å². The third kappa shape index (κ3) is 1.99. The highest BCUT2D eigenvalue weighted by Crippen LogP contribution is 2.33. The van der Waals surface area contributed by atoms with Crippen LogP contribution in [0.1, 0.15) is 10.4 Å². The maximum absolute atomic E-state index is 10.9. The van der Waals surface area contributed by atoms with Gasteiger partial charge in [-0.1, -0.05) is 6.07 Å². The number of benzene rings is 1. The average Bonchev–Trinajstić information content (AvgIpc) is 2.83. The van der Waals surface area contributed by atoms with Gasteiger partial charge in [0, 0.05) is 15.3 Å². The van der Waals surface area contributed by atoms with Crippen molar-refractivity contribution in [2.24, 2.45) is 0 Å². The molecule has 1 aromatic heterocycles. The number of carbonyl (C=O) groups excluding carboxylic acids is 1. The van der Waals surface area contributed by atoms with Gasteiger partial charge >= 0.3 is 0 Å². The Morgan fingerprint density at radius 3 is 2.81 bits per heavy atom. The van der Waals surface area contributed by atoms with Crippen molar-refractivity contribution in [3.8, 4) is 10.4 Å².